The average molecular weight is 534 g/mol. The molecule has 1 fully saturated rings. The van der Waals surface area contributed by atoms with Crippen LogP contribution >= 0.6 is 0 Å². The Balaban J connectivity index is 1.56. The van der Waals surface area contributed by atoms with Gasteiger partial charge in [-0.2, -0.15) is 0 Å². The topological polar surface area (TPSA) is 158 Å². The zero-order chi connectivity index (χ0) is 28.3. The van der Waals surface area contributed by atoms with Crippen molar-refractivity contribution in [3.05, 3.63) is 65.2 Å². The number of anilines is 1. The number of nitrogen functional groups attached to an aromatic ring is 1. The molecule has 3 amide bonds. The minimum Gasteiger partial charge on any atom is -0.444 e. The first-order chi connectivity index (χ1) is 18.5. The summed E-state index contributed by atoms with van der Waals surface area (Å²) in [6, 6.07) is 10.4. The van der Waals surface area contributed by atoms with Gasteiger partial charge in [-0.1, -0.05) is 19.1 Å². The summed E-state index contributed by atoms with van der Waals surface area (Å²) in [5.41, 5.74) is 7.51. The molecule has 0 bridgehead atoms. The maximum absolute atomic E-state index is 12.8. The minimum absolute atomic E-state index is 0.0529. The quantitative estimate of drug-likeness (QED) is 0.408. The first-order valence-corrected chi connectivity index (χ1v) is 13.0. The van der Waals surface area contributed by atoms with E-state index in [1.54, 1.807) is 35.4 Å². The fraction of sp³-hybridized carbons (Fsp3) is 0.393. The molecule has 0 radical (unpaired) electrons. The number of primary amides is 1. The molecule has 4 rings (SSSR count). The lowest BCUT2D eigenvalue weighted by Crippen LogP contribution is -2.43. The largest absolute Gasteiger partial charge is 0.444 e. The number of likely N-dealkylation sites (tertiary alicyclic amines) is 1. The van der Waals surface area contributed by atoms with Crippen molar-refractivity contribution in [3.63, 3.8) is 0 Å². The second-order valence-electron chi connectivity index (χ2n) is 10.6. The van der Waals surface area contributed by atoms with Crippen LogP contribution in [0.1, 0.15) is 78.7 Å². The Hall–Kier alpha value is -4.41. The molecule has 1 aliphatic heterocycles. The number of nitrogens with two attached hydrogens (primary N) is 2. The Morgan fingerprint density at radius 3 is 2.51 bits per heavy atom. The Bertz CT molecular complexity index is 1380. The Kier molecular flexibility index (Phi) is 7.89. The van der Waals surface area contributed by atoms with Crippen LogP contribution in [0.15, 0.2) is 42.6 Å². The van der Waals surface area contributed by atoms with E-state index in [4.69, 9.17) is 21.3 Å². The summed E-state index contributed by atoms with van der Waals surface area (Å²) >= 11 is 0. The summed E-state index contributed by atoms with van der Waals surface area (Å²) in [5.74, 6) is 6.01. The third-order valence-corrected chi connectivity index (χ3v) is 6.50. The number of aryl methyl sites for hydroxylation is 1. The summed E-state index contributed by atoms with van der Waals surface area (Å²) in [5, 5.41) is 2.80. The van der Waals surface area contributed by atoms with Gasteiger partial charge in [0.25, 0.3) is 11.8 Å². The number of pyridine rings is 1. The van der Waals surface area contributed by atoms with Crippen molar-refractivity contribution in [2.75, 3.05) is 24.2 Å². The number of carbonyl (C=O) groups excluding carboxylic acids is 3. The second-order valence-corrected chi connectivity index (χ2v) is 10.6. The van der Waals surface area contributed by atoms with Gasteiger partial charge < -0.3 is 26.5 Å². The van der Waals surface area contributed by atoms with Crippen LogP contribution in [0.5, 0.6) is 0 Å². The number of nitrogens with zero attached hydrogens (tertiary/aromatic N) is 4. The van der Waals surface area contributed by atoms with Gasteiger partial charge >= 0.3 is 6.09 Å². The molecule has 3 heterocycles. The second kappa shape index (κ2) is 11.1. The number of imidazole rings is 1. The SMILES string of the molecule is CCc1ccnc(NC(=O)c2ccc(-c3nc(C4CCCN(C(=O)OC(C)(C)C)C4)n(N)c3C(N)=O)cc2)c1. The van der Waals surface area contributed by atoms with Gasteiger partial charge in [-0.15, -0.1) is 0 Å². The van der Waals surface area contributed by atoms with Gasteiger partial charge in [0.2, 0.25) is 0 Å². The van der Waals surface area contributed by atoms with Crippen LogP contribution in [0.4, 0.5) is 10.6 Å². The van der Waals surface area contributed by atoms with E-state index in [1.165, 1.54) is 4.68 Å². The zero-order valence-electron chi connectivity index (χ0n) is 22.7. The molecule has 11 nitrogen and oxygen atoms in total. The van der Waals surface area contributed by atoms with Gasteiger partial charge in [-0.25, -0.2) is 19.4 Å². The highest BCUT2D eigenvalue weighted by Crippen LogP contribution is 2.31. The standard InChI is InChI=1S/C28H35N7O4/c1-5-17-12-13-31-21(15-17)32-26(37)19-10-8-18(9-11-19)22-23(24(29)36)35(30)25(33-22)20-7-6-14-34(16-20)27(38)39-28(2,3)4/h8-13,15,20H,5-7,14,16,30H2,1-4H3,(H2,29,36)(H,31,32,37). The number of hydrogen-bond donors (Lipinski definition) is 3. The van der Waals surface area contributed by atoms with E-state index < -0.39 is 17.6 Å². The van der Waals surface area contributed by atoms with Gasteiger partial charge in [0.05, 0.1) is 0 Å². The third kappa shape index (κ3) is 6.36. The number of ether oxygens (including phenoxy) is 1. The van der Waals surface area contributed by atoms with Crippen LogP contribution in [0, 0.1) is 0 Å². The fourth-order valence-electron chi connectivity index (χ4n) is 4.59. The maximum atomic E-state index is 12.8. The van der Waals surface area contributed by atoms with Crippen LogP contribution < -0.4 is 16.9 Å². The highest BCUT2D eigenvalue weighted by molar-refractivity contribution is 6.04. The minimum atomic E-state index is -0.727. The van der Waals surface area contributed by atoms with Gasteiger partial charge in [-0.3, -0.25) is 9.59 Å². The van der Waals surface area contributed by atoms with E-state index in [-0.39, 0.29) is 17.5 Å². The number of carbonyl (C=O) groups is 3. The van der Waals surface area contributed by atoms with Gasteiger partial charge in [0, 0.05) is 36.3 Å². The van der Waals surface area contributed by atoms with Crippen molar-refractivity contribution < 1.29 is 19.1 Å². The highest BCUT2D eigenvalue weighted by atomic mass is 16.6. The van der Waals surface area contributed by atoms with Crippen molar-refractivity contribution >= 4 is 23.7 Å². The van der Waals surface area contributed by atoms with Gasteiger partial charge in [0.1, 0.15) is 22.9 Å². The summed E-state index contributed by atoms with van der Waals surface area (Å²) in [4.78, 5) is 48.3. The monoisotopic (exact) mass is 533 g/mol. The van der Waals surface area contributed by atoms with E-state index >= 15 is 0 Å². The molecule has 3 aromatic rings. The summed E-state index contributed by atoms with van der Waals surface area (Å²) in [6.45, 7) is 8.40. The molecule has 206 valence electrons. The molecule has 1 saturated heterocycles. The smallest absolute Gasteiger partial charge is 0.410 e. The number of piperidine rings is 1. The van der Waals surface area contributed by atoms with Crippen molar-refractivity contribution in [1.29, 1.82) is 0 Å². The number of benzene rings is 1. The Morgan fingerprint density at radius 2 is 1.87 bits per heavy atom. The lowest BCUT2D eigenvalue weighted by molar-refractivity contribution is 0.0195. The number of amides is 3. The highest BCUT2D eigenvalue weighted by Gasteiger charge is 2.33. The summed E-state index contributed by atoms with van der Waals surface area (Å²) in [6.07, 6.45) is 3.55. The molecule has 0 aliphatic carbocycles. The van der Waals surface area contributed by atoms with Crippen molar-refractivity contribution in [1.82, 2.24) is 19.5 Å². The first-order valence-electron chi connectivity index (χ1n) is 13.0. The molecular formula is C28H35N7O4. The molecule has 5 N–H and O–H groups in total. The normalized spacial score (nSPS) is 15.6. The number of rotatable bonds is 6. The van der Waals surface area contributed by atoms with Gasteiger partial charge in [0.15, 0.2) is 5.69 Å². The lowest BCUT2D eigenvalue weighted by Gasteiger charge is -2.33. The molecule has 11 heteroatoms. The molecule has 1 aromatic carbocycles. The molecule has 1 aliphatic rings. The zero-order valence-corrected chi connectivity index (χ0v) is 22.7. The van der Waals surface area contributed by atoms with Crippen LogP contribution in [0.3, 0.4) is 0 Å². The molecule has 0 spiro atoms. The number of hydrogen-bond acceptors (Lipinski definition) is 7. The fourth-order valence-corrected chi connectivity index (χ4v) is 4.59. The molecule has 1 atom stereocenters. The molecular weight excluding hydrogens is 498 g/mol. The van der Waals surface area contributed by atoms with E-state index in [1.807, 2.05) is 39.8 Å². The summed E-state index contributed by atoms with van der Waals surface area (Å²) < 4.78 is 6.74. The first kappa shape index (κ1) is 27.6. The van der Waals surface area contributed by atoms with Crippen LogP contribution in [-0.4, -0.2) is 56.1 Å². The predicted molar refractivity (Wildman–Crippen MR) is 148 cm³/mol. The lowest BCUT2D eigenvalue weighted by atomic mass is 9.97. The predicted octanol–water partition coefficient (Wildman–Crippen LogP) is 3.69. The van der Waals surface area contributed by atoms with E-state index in [0.717, 1.165) is 24.8 Å². The molecule has 1 unspecified atom stereocenters. The van der Waals surface area contributed by atoms with Crippen LogP contribution in [0.2, 0.25) is 0 Å². The average Bonchev–Trinajstić information content (AvgIpc) is 3.25. The number of nitrogens with one attached hydrogen (secondary N) is 1. The Labute approximate surface area is 227 Å². The van der Waals surface area contributed by atoms with E-state index in [2.05, 4.69) is 10.3 Å². The van der Waals surface area contributed by atoms with Crippen LogP contribution in [0.25, 0.3) is 11.3 Å². The van der Waals surface area contributed by atoms with Gasteiger partial charge in [-0.05, 0) is 69.9 Å². The van der Waals surface area contributed by atoms with Crippen LogP contribution in [-0.2, 0) is 11.2 Å². The van der Waals surface area contributed by atoms with E-state index in [9.17, 15) is 14.4 Å². The molecule has 0 saturated carbocycles. The van der Waals surface area contributed by atoms with Crippen molar-refractivity contribution in [2.45, 2.75) is 58.5 Å². The number of aromatic nitrogens is 3. The Morgan fingerprint density at radius 1 is 1.15 bits per heavy atom. The maximum Gasteiger partial charge on any atom is 0.410 e. The van der Waals surface area contributed by atoms with Crippen molar-refractivity contribution in [3.8, 4) is 11.3 Å². The van der Waals surface area contributed by atoms with E-state index in [0.29, 0.717) is 41.6 Å². The third-order valence-electron chi connectivity index (χ3n) is 6.50. The molecule has 39 heavy (non-hydrogen) atoms. The van der Waals surface area contributed by atoms with Crippen molar-refractivity contribution in [2.24, 2.45) is 5.73 Å². The summed E-state index contributed by atoms with van der Waals surface area (Å²) in [7, 11) is 0. The molecule has 2 aromatic heterocycles.